The van der Waals surface area contributed by atoms with Gasteiger partial charge in [0, 0.05) is 0 Å². The molecule has 3 rings (SSSR count). The van der Waals surface area contributed by atoms with E-state index in [1.54, 1.807) is 0 Å². The Bertz CT molecular complexity index is 391. The van der Waals surface area contributed by atoms with Gasteiger partial charge in [-0.2, -0.15) is 0 Å². The monoisotopic (exact) mass is 230 g/mol. The van der Waals surface area contributed by atoms with E-state index in [0.717, 1.165) is 5.56 Å². The van der Waals surface area contributed by atoms with Crippen LogP contribution in [-0.4, -0.2) is 5.11 Å². The molecule has 0 heterocycles. The molecule has 1 atom stereocenters. The predicted molar refractivity (Wildman–Crippen MR) is 70.0 cm³/mol. The zero-order valence-electron chi connectivity index (χ0n) is 10.5. The van der Waals surface area contributed by atoms with Gasteiger partial charge in [-0.3, -0.25) is 0 Å². The molecule has 2 aliphatic rings. The van der Waals surface area contributed by atoms with E-state index in [2.05, 4.69) is 18.2 Å². The summed E-state index contributed by atoms with van der Waals surface area (Å²) in [6, 6.07) is 6.66. The van der Waals surface area contributed by atoms with Crippen LogP contribution in [0.3, 0.4) is 0 Å². The SMILES string of the molecule is OC(c1ccc2c(c1)CCC2)C1CCCCC1. The summed E-state index contributed by atoms with van der Waals surface area (Å²) in [5, 5.41) is 10.5. The van der Waals surface area contributed by atoms with Gasteiger partial charge in [0.05, 0.1) is 6.10 Å². The highest BCUT2D eigenvalue weighted by atomic mass is 16.3. The molecule has 1 aromatic carbocycles. The molecular weight excluding hydrogens is 208 g/mol. The summed E-state index contributed by atoms with van der Waals surface area (Å²) in [5.41, 5.74) is 4.15. The van der Waals surface area contributed by atoms with E-state index < -0.39 is 0 Å². The first kappa shape index (κ1) is 11.3. The maximum absolute atomic E-state index is 10.5. The fraction of sp³-hybridized carbons (Fsp3) is 0.625. The maximum atomic E-state index is 10.5. The van der Waals surface area contributed by atoms with Gasteiger partial charge in [-0.05, 0) is 54.7 Å². The highest BCUT2D eigenvalue weighted by molar-refractivity contribution is 5.36. The maximum Gasteiger partial charge on any atom is 0.0818 e. The van der Waals surface area contributed by atoms with Crippen LogP contribution in [0.2, 0.25) is 0 Å². The number of aliphatic hydroxyl groups excluding tert-OH is 1. The standard InChI is InChI=1S/C16H22O/c17-16(13-5-2-1-3-6-13)15-10-9-12-7-4-8-14(12)11-15/h9-11,13,16-17H,1-8H2. The lowest BCUT2D eigenvalue weighted by Gasteiger charge is -2.27. The third-order valence-electron chi connectivity index (χ3n) is 4.56. The van der Waals surface area contributed by atoms with Gasteiger partial charge >= 0.3 is 0 Å². The highest BCUT2D eigenvalue weighted by Crippen LogP contribution is 2.35. The Labute approximate surface area is 104 Å². The molecule has 0 bridgehead atoms. The molecule has 1 unspecified atom stereocenters. The second-order valence-electron chi connectivity index (χ2n) is 5.72. The van der Waals surface area contributed by atoms with E-state index in [1.807, 2.05) is 0 Å². The highest BCUT2D eigenvalue weighted by Gasteiger charge is 2.24. The summed E-state index contributed by atoms with van der Waals surface area (Å²) >= 11 is 0. The molecular formula is C16H22O. The molecule has 0 amide bonds. The first-order chi connectivity index (χ1) is 8.34. The quantitative estimate of drug-likeness (QED) is 0.819. The number of benzene rings is 1. The van der Waals surface area contributed by atoms with Crippen molar-refractivity contribution in [3.8, 4) is 0 Å². The van der Waals surface area contributed by atoms with Gasteiger partial charge in [-0.15, -0.1) is 0 Å². The van der Waals surface area contributed by atoms with Crippen molar-refractivity contribution in [2.75, 3.05) is 0 Å². The Kier molecular flexibility index (Phi) is 3.19. The number of fused-ring (bicyclic) bond motifs is 1. The second kappa shape index (κ2) is 4.81. The molecule has 0 radical (unpaired) electrons. The number of aliphatic hydroxyl groups is 1. The summed E-state index contributed by atoms with van der Waals surface area (Å²) in [6.45, 7) is 0. The van der Waals surface area contributed by atoms with E-state index in [0.29, 0.717) is 5.92 Å². The van der Waals surface area contributed by atoms with Crippen molar-refractivity contribution in [1.82, 2.24) is 0 Å². The molecule has 1 aromatic rings. The minimum absolute atomic E-state index is 0.221. The number of aryl methyl sites for hydroxylation is 2. The van der Waals surface area contributed by atoms with Gasteiger partial charge in [-0.1, -0.05) is 37.5 Å². The van der Waals surface area contributed by atoms with Crippen molar-refractivity contribution in [3.63, 3.8) is 0 Å². The Morgan fingerprint density at radius 3 is 2.53 bits per heavy atom. The Balaban J connectivity index is 1.78. The largest absolute Gasteiger partial charge is 0.388 e. The normalized spacial score (nSPS) is 22.4. The Morgan fingerprint density at radius 1 is 0.941 bits per heavy atom. The average molecular weight is 230 g/mol. The van der Waals surface area contributed by atoms with Crippen molar-refractivity contribution in [2.24, 2.45) is 5.92 Å². The van der Waals surface area contributed by atoms with E-state index in [1.165, 1.54) is 62.5 Å². The molecule has 1 saturated carbocycles. The van der Waals surface area contributed by atoms with E-state index in [-0.39, 0.29) is 6.10 Å². The van der Waals surface area contributed by atoms with Gasteiger partial charge in [0.1, 0.15) is 0 Å². The zero-order chi connectivity index (χ0) is 11.7. The van der Waals surface area contributed by atoms with Gasteiger partial charge in [0.25, 0.3) is 0 Å². The molecule has 1 N–H and O–H groups in total. The van der Waals surface area contributed by atoms with Crippen LogP contribution in [0.5, 0.6) is 0 Å². The van der Waals surface area contributed by atoms with Crippen LogP contribution >= 0.6 is 0 Å². The predicted octanol–water partition coefficient (Wildman–Crippen LogP) is 3.79. The second-order valence-corrected chi connectivity index (χ2v) is 5.72. The van der Waals surface area contributed by atoms with Crippen LogP contribution < -0.4 is 0 Å². The minimum atomic E-state index is -0.221. The molecule has 1 fully saturated rings. The number of hydrogen-bond acceptors (Lipinski definition) is 1. The van der Waals surface area contributed by atoms with Gasteiger partial charge in [-0.25, -0.2) is 0 Å². The summed E-state index contributed by atoms with van der Waals surface area (Å²) < 4.78 is 0. The summed E-state index contributed by atoms with van der Waals surface area (Å²) in [6.07, 6.45) is 9.87. The smallest absolute Gasteiger partial charge is 0.0818 e. The van der Waals surface area contributed by atoms with Gasteiger partial charge in [0.15, 0.2) is 0 Å². The van der Waals surface area contributed by atoms with Crippen molar-refractivity contribution in [2.45, 2.75) is 57.5 Å². The average Bonchev–Trinajstić information content (AvgIpc) is 2.86. The van der Waals surface area contributed by atoms with E-state index in [4.69, 9.17) is 0 Å². The lowest BCUT2D eigenvalue weighted by atomic mass is 9.82. The van der Waals surface area contributed by atoms with E-state index >= 15 is 0 Å². The van der Waals surface area contributed by atoms with Gasteiger partial charge < -0.3 is 5.11 Å². The summed E-state index contributed by atoms with van der Waals surface area (Å²) in [4.78, 5) is 0. The van der Waals surface area contributed by atoms with Crippen LogP contribution in [0, 0.1) is 5.92 Å². The molecule has 1 nitrogen and oxygen atoms in total. The molecule has 2 aliphatic carbocycles. The van der Waals surface area contributed by atoms with Crippen molar-refractivity contribution in [3.05, 3.63) is 34.9 Å². The Morgan fingerprint density at radius 2 is 1.71 bits per heavy atom. The van der Waals surface area contributed by atoms with Crippen LogP contribution in [-0.2, 0) is 12.8 Å². The number of hydrogen-bond donors (Lipinski definition) is 1. The van der Waals surface area contributed by atoms with Gasteiger partial charge in [0.2, 0.25) is 0 Å². The van der Waals surface area contributed by atoms with Crippen molar-refractivity contribution in [1.29, 1.82) is 0 Å². The summed E-state index contributed by atoms with van der Waals surface area (Å²) in [5.74, 6) is 0.503. The minimum Gasteiger partial charge on any atom is -0.388 e. The third-order valence-corrected chi connectivity index (χ3v) is 4.56. The Hall–Kier alpha value is -0.820. The molecule has 0 saturated heterocycles. The molecule has 0 spiro atoms. The molecule has 0 aromatic heterocycles. The topological polar surface area (TPSA) is 20.2 Å². The molecule has 0 aliphatic heterocycles. The first-order valence-corrected chi connectivity index (χ1v) is 7.14. The van der Waals surface area contributed by atoms with Crippen LogP contribution in [0.15, 0.2) is 18.2 Å². The van der Waals surface area contributed by atoms with Crippen LogP contribution in [0.25, 0.3) is 0 Å². The van der Waals surface area contributed by atoms with Crippen molar-refractivity contribution >= 4 is 0 Å². The molecule has 17 heavy (non-hydrogen) atoms. The fourth-order valence-corrected chi connectivity index (χ4v) is 3.50. The van der Waals surface area contributed by atoms with Crippen molar-refractivity contribution < 1.29 is 5.11 Å². The molecule has 92 valence electrons. The zero-order valence-corrected chi connectivity index (χ0v) is 10.5. The van der Waals surface area contributed by atoms with Crippen LogP contribution in [0.1, 0.15) is 61.3 Å². The first-order valence-electron chi connectivity index (χ1n) is 7.14. The fourth-order valence-electron chi connectivity index (χ4n) is 3.50. The lowest BCUT2D eigenvalue weighted by molar-refractivity contribution is 0.0848. The summed E-state index contributed by atoms with van der Waals surface area (Å²) in [7, 11) is 0. The third kappa shape index (κ3) is 2.26. The number of rotatable bonds is 2. The van der Waals surface area contributed by atoms with E-state index in [9.17, 15) is 5.11 Å². The molecule has 1 heteroatoms. The van der Waals surface area contributed by atoms with Crippen LogP contribution in [0.4, 0.5) is 0 Å². The lowest BCUT2D eigenvalue weighted by Crippen LogP contribution is -2.16.